The second-order valence-electron chi connectivity index (χ2n) is 3.29. The Kier molecular flexibility index (Phi) is 3.21. The van der Waals surface area contributed by atoms with Crippen molar-refractivity contribution in [2.24, 2.45) is 0 Å². The van der Waals surface area contributed by atoms with Crippen LogP contribution >= 0.6 is 11.8 Å². The van der Waals surface area contributed by atoms with Crippen molar-refractivity contribution in [3.63, 3.8) is 0 Å². The van der Waals surface area contributed by atoms with E-state index in [0.717, 1.165) is 10.7 Å². The van der Waals surface area contributed by atoms with Gasteiger partial charge in [0.15, 0.2) is 0 Å². The number of H-pyrrole nitrogens is 1. The maximum Gasteiger partial charge on any atom is 0.213 e. The van der Waals surface area contributed by atoms with E-state index in [2.05, 4.69) is 21.3 Å². The van der Waals surface area contributed by atoms with E-state index < -0.39 is 0 Å². The molecule has 0 bridgehead atoms. The molecule has 84 valence electrons. The fraction of sp³-hybridized carbons (Fsp3) is 0.0909. The van der Waals surface area contributed by atoms with Crippen LogP contribution in [-0.2, 0) is 0 Å². The second-order valence-corrected chi connectivity index (χ2v) is 4.30. The molecule has 0 aliphatic rings. The molecule has 6 heteroatoms. The van der Waals surface area contributed by atoms with Crippen molar-refractivity contribution in [2.75, 3.05) is 0 Å². The first-order chi connectivity index (χ1) is 8.22. The SMILES string of the molecule is Cc1nc(Sc2ccc(C=O)cc2C#N)n[nH]1. The van der Waals surface area contributed by atoms with Crippen molar-refractivity contribution in [2.45, 2.75) is 17.0 Å². The van der Waals surface area contributed by atoms with Gasteiger partial charge in [-0.25, -0.2) is 4.98 Å². The highest BCUT2D eigenvalue weighted by Gasteiger charge is 2.08. The number of nitrogens with zero attached hydrogens (tertiary/aromatic N) is 3. The molecule has 1 heterocycles. The zero-order valence-corrected chi connectivity index (χ0v) is 9.78. The van der Waals surface area contributed by atoms with Gasteiger partial charge in [0, 0.05) is 10.5 Å². The lowest BCUT2D eigenvalue weighted by molar-refractivity contribution is 0.112. The smallest absolute Gasteiger partial charge is 0.213 e. The van der Waals surface area contributed by atoms with Gasteiger partial charge >= 0.3 is 0 Å². The van der Waals surface area contributed by atoms with Crippen LogP contribution in [0.3, 0.4) is 0 Å². The molecule has 0 radical (unpaired) electrons. The van der Waals surface area contributed by atoms with E-state index in [-0.39, 0.29) is 0 Å². The normalized spacial score (nSPS) is 9.88. The maximum atomic E-state index is 10.6. The van der Waals surface area contributed by atoms with E-state index in [9.17, 15) is 4.79 Å². The van der Waals surface area contributed by atoms with Crippen LogP contribution in [0.1, 0.15) is 21.7 Å². The minimum Gasteiger partial charge on any atom is -0.298 e. The predicted octanol–water partition coefficient (Wildman–Crippen LogP) is 1.95. The molecule has 0 amide bonds. The molecular formula is C11H8N4OS. The summed E-state index contributed by atoms with van der Waals surface area (Å²) in [6.45, 7) is 1.80. The third-order valence-corrected chi connectivity index (χ3v) is 2.98. The molecule has 0 aliphatic heterocycles. The summed E-state index contributed by atoms with van der Waals surface area (Å²) in [5.41, 5.74) is 0.930. The highest BCUT2D eigenvalue weighted by Crippen LogP contribution is 2.27. The van der Waals surface area contributed by atoms with Crippen LogP contribution in [0, 0.1) is 18.3 Å². The van der Waals surface area contributed by atoms with Gasteiger partial charge < -0.3 is 0 Å². The van der Waals surface area contributed by atoms with Gasteiger partial charge in [-0.3, -0.25) is 9.89 Å². The number of aromatic nitrogens is 3. The van der Waals surface area contributed by atoms with Gasteiger partial charge in [0.05, 0.1) is 5.56 Å². The summed E-state index contributed by atoms with van der Waals surface area (Å²) in [5, 5.41) is 16.3. The zero-order chi connectivity index (χ0) is 12.3. The molecule has 17 heavy (non-hydrogen) atoms. The van der Waals surface area contributed by atoms with Crippen LogP contribution in [0.25, 0.3) is 0 Å². The van der Waals surface area contributed by atoms with Crippen LogP contribution in [-0.4, -0.2) is 21.5 Å². The molecule has 5 nitrogen and oxygen atoms in total. The van der Waals surface area contributed by atoms with Crippen molar-refractivity contribution in [1.29, 1.82) is 5.26 Å². The van der Waals surface area contributed by atoms with Crippen LogP contribution in [0.5, 0.6) is 0 Å². The Morgan fingerprint density at radius 1 is 1.53 bits per heavy atom. The van der Waals surface area contributed by atoms with Crippen molar-refractivity contribution < 1.29 is 4.79 Å². The number of carbonyl (C=O) groups excluding carboxylic acids is 1. The van der Waals surface area contributed by atoms with Crippen LogP contribution in [0.15, 0.2) is 28.3 Å². The quantitative estimate of drug-likeness (QED) is 0.834. The minimum atomic E-state index is 0.446. The van der Waals surface area contributed by atoms with Gasteiger partial charge in [0.25, 0.3) is 0 Å². The summed E-state index contributed by atoms with van der Waals surface area (Å²) in [4.78, 5) is 15.5. The van der Waals surface area contributed by atoms with E-state index >= 15 is 0 Å². The Morgan fingerprint density at radius 2 is 2.35 bits per heavy atom. The summed E-state index contributed by atoms with van der Waals surface area (Å²) in [5.74, 6) is 0.718. The summed E-state index contributed by atoms with van der Waals surface area (Å²) in [6, 6.07) is 6.99. The fourth-order valence-corrected chi connectivity index (χ4v) is 2.08. The highest BCUT2D eigenvalue weighted by atomic mass is 32.2. The van der Waals surface area contributed by atoms with Gasteiger partial charge in [-0.2, -0.15) is 5.26 Å². The third-order valence-electron chi connectivity index (χ3n) is 2.04. The number of nitrogens with one attached hydrogen (secondary N) is 1. The third kappa shape index (κ3) is 2.52. The van der Waals surface area contributed by atoms with Crippen LogP contribution in [0.4, 0.5) is 0 Å². The molecule has 0 aliphatic carbocycles. The highest BCUT2D eigenvalue weighted by molar-refractivity contribution is 7.99. The van der Waals surface area contributed by atoms with E-state index in [1.54, 1.807) is 25.1 Å². The standard InChI is InChI=1S/C11H8N4OS/c1-7-13-11(15-14-7)17-10-3-2-8(6-16)4-9(10)5-12/h2-4,6H,1H3,(H,13,14,15). The number of rotatable bonds is 3. The molecule has 1 N–H and O–H groups in total. The maximum absolute atomic E-state index is 10.6. The van der Waals surface area contributed by atoms with Crippen LogP contribution < -0.4 is 0 Å². The van der Waals surface area contributed by atoms with Gasteiger partial charge in [-0.1, -0.05) is 6.07 Å². The summed E-state index contributed by atoms with van der Waals surface area (Å²) >= 11 is 1.29. The molecule has 0 spiro atoms. The molecule has 2 aromatic rings. The molecular weight excluding hydrogens is 236 g/mol. The largest absolute Gasteiger partial charge is 0.298 e. The molecule has 0 saturated heterocycles. The Labute approximate surface area is 102 Å². The topological polar surface area (TPSA) is 82.4 Å². The second kappa shape index (κ2) is 4.80. The number of carbonyl (C=O) groups is 1. The Balaban J connectivity index is 2.33. The Morgan fingerprint density at radius 3 is 2.94 bits per heavy atom. The number of aldehydes is 1. The van der Waals surface area contributed by atoms with E-state index in [0.29, 0.717) is 22.6 Å². The first-order valence-electron chi connectivity index (χ1n) is 4.79. The van der Waals surface area contributed by atoms with E-state index in [1.807, 2.05) is 0 Å². The number of hydrogen-bond donors (Lipinski definition) is 1. The van der Waals surface area contributed by atoms with E-state index in [4.69, 9.17) is 5.26 Å². The predicted molar refractivity (Wildman–Crippen MR) is 61.8 cm³/mol. The number of aromatic amines is 1. The van der Waals surface area contributed by atoms with Crippen molar-refractivity contribution in [1.82, 2.24) is 15.2 Å². The Bertz CT molecular complexity index is 600. The van der Waals surface area contributed by atoms with Gasteiger partial charge in [-0.05, 0) is 30.8 Å². The van der Waals surface area contributed by atoms with Crippen molar-refractivity contribution in [3.8, 4) is 6.07 Å². The van der Waals surface area contributed by atoms with Gasteiger partial charge in [-0.15, -0.1) is 5.10 Å². The average Bonchev–Trinajstić information content (AvgIpc) is 2.75. The average molecular weight is 244 g/mol. The van der Waals surface area contributed by atoms with E-state index in [1.165, 1.54) is 11.8 Å². The van der Waals surface area contributed by atoms with Crippen LogP contribution in [0.2, 0.25) is 0 Å². The lowest BCUT2D eigenvalue weighted by atomic mass is 10.1. The fourth-order valence-electron chi connectivity index (χ4n) is 1.26. The number of aryl methyl sites for hydroxylation is 1. The first kappa shape index (κ1) is 11.4. The monoisotopic (exact) mass is 244 g/mol. The molecule has 0 unspecified atom stereocenters. The van der Waals surface area contributed by atoms with Gasteiger partial charge in [0.2, 0.25) is 5.16 Å². The molecule has 0 atom stereocenters. The molecule has 0 fully saturated rings. The minimum absolute atomic E-state index is 0.446. The molecule has 2 rings (SSSR count). The lowest BCUT2D eigenvalue weighted by Crippen LogP contribution is -1.87. The number of benzene rings is 1. The summed E-state index contributed by atoms with van der Waals surface area (Å²) in [7, 11) is 0. The van der Waals surface area contributed by atoms with Crippen molar-refractivity contribution in [3.05, 3.63) is 35.2 Å². The Hall–Kier alpha value is -2.13. The van der Waals surface area contributed by atoms with Gasteiger partial charge in [0.1, 0.15) is 18.2 Å². The molecule has 1 aromatic carbocycles. The van der Waals surface area contributed by atoms with Crippen molar-refractivity contribution >= 4 is 18.0 Å². The molecule has 0 saturated carbocycles. The number of nitriles is 1. The zero-order valence-electron chi connectivity index (χ0n) is 8.97. The number of hydrogen-bond acceptors (Lipinski definition) is 5. The first-order valence-corrected chi connectivity index (χ1v) is 5.61. The lowest BCUT2D eigenvalue weighted by Gasteiger charge is -2.00. The molecule has 1 aromatic heterocycles. The summed E-state index contributed by atoms with van der Waals surface area (Å²) < 4.78 is 0. The summed E-state index contributed by atoms with van der Waals surface area (Å²) in [6.07, 6.45) is 0.715.